The van der Waals surface area contributed by atoms with Crippen molar-refractivity contribution in [2.75, 3.05) is 13.1 Å². The monoisotopic (exact) mass is 368 g/mol. The molecule has 1 amide bonds. The lowest BCUT2D eigenvalue weighted by molar-refractivity contribution is -0.0224. The second-order valence-corrected chi connectivity index (χ2v) is 7.79. The van der Waals surface area contributed by atoms with Gasteiger partial charge in [-0.15, -0.1) is 0 Å². The Balaban J connectivity index is 1.57. The van der Waals surface area contributed by atoms with Crippen LogP contribution in [0.1, 0.15) is 45.1 Å². The number of hydrogen-bond donors (Lipinski definition) is 0. The predicted octanol–water partition coefficient (Wildman–Crippen LogP) is 3.72. The molecule has 2 fully saturated rings. The first kappa shape index (κ1) is 15.6. The first-order valence-electron chi connectivity index (χ1n) is 7.61. The number of aromatic nitrogens is 1. The zero-order valence-electron chi connectivity index (χ0n) is 13.1. The van der Waals surface area contributed by atoms with Crippen LogP contribution in [0.15, 0.2) is 16.9 Å². The first-order chi connectivity index (χ1) is 10.3. The molecule has 0 atom stereocenters. The molecule has 1 aliphatic heterocycles. The summed E-state index contributed by atoms with van der Waals surface area (Å²) >= 11 is 3.56. The Labute approximate surface area is 139 Å². The molecule has 1 aromatic rings. The van der Waals surface area contributed by atoms with E-state index >= 15 is 0 Å². The van der Waals surface area contributed by atoms with Gasteiger partial charge in [0.05, 0.1) is 19.3 Å². The maximum absolute atomic E-state index is 11.9. The molecule has 6 heteroatoms. The number of amides is 1. The van der Waals surface area contributed by atoms with Crippen LogP contribution in [0.25, 0.3) is 0 Å². The van der Waals surface area contributed by atoms with Crippen molar-refractivity contribution < 1.29 is 14.3 Å². The highest BCUT2D eigenvalue weighted by Crippen LogP contribution is 2.47. The average molecular weight is 369 g/mol. The summed E-state index contributed by atoms with van der Waals surface area (Å²) in [7, 11) is 0. The summed E-state index contributed by atoms with van der Waals surface area (Å²) in [6.07, 6.45) is 5.73. The Kier molecular flexibility index (Phi) is 4.05. The van der Waals surface area contributed by atoms with Crippen molar-refractivity contribution in [2.45, 2.75) is 51.2 Å². The molecule has 0 radical (unpaired) electrons. The summed E-state index contributed by atoms with van der Waals surface area (Å²) in [5.74, 6) is 1.42. The van der Waals surface area contributed by atoms with Gasteiger partial charge in [0.2, 0.25) is 0 Å². The molecule has 120 valence electrons. The van der Waals surface area contributed by atoms with Crippen LogP contribution in [0.3, 0.4) is 0 Å². The number of nitrogens with zero attached hydrogens (tertiary/aromatic N) is 2. The van der Waals surface area contributed by atoms with Gasteiger partial charge in [0.15, 0.2) is 0 Å². The number of ether oxygens (including phenoxy) is 2. The average Bonchev–Trinajstić information content (AvgIpc) is 3.15. The number of carbonyl (C=O) groups excluding carboxylic acids is 1. The van der Waals surface area contributed by atoms with Crippen molar-refractivity contribution in [1.29, 1.82) is 0 Å². The normalized spacial score (nSPS) is 18.8. The van der Waals surface area contributed by atoms with Gasteiger partial charge in [-0.2, -0.15) is 0 Å². The van der Waals surface area contributed by atoms with E-state index in [1.165, 1.54) is 18.4 Å². The Morgan fingerprint density at radius 1 is 1.32 bits per heavy atom. The first-order valence-corrected chi connectivity index (χ1v) is 8.41. The van der Waals surface area contributed by atoms with Crippen molar-refractivity contribution in [1.82, 2.24) is 9.88 Å². The number of rotatable bonds is 3. The van der Waals surface area contributed by atoms with Crippen LogP contribution in [-0.4, -0.2) is 40.8 Å². The number of hydrogen-bond acceptors (Lipinski definition) is 4. The van der Waals surface area contributed by atoms with Crippen molar-refractivity contribution in [3.8, 4) is 5.75 Å². The lowest BCUT2D eigenvalue weighted by Gasteiger charge is -2.39. The fourth-order valence-electron chi connectivity index (χ4n) is 2.46. The van der Waals surface area contributed by atoms with Crippen LogP contribution in [0.5, 0.6) is 5.75 Å². The van der Waals surface area contributed by atoms with E-state index in [1.54, 1.807) is 11.1 Å². The number of likely N-dealkylation sites (tertiary alicyclic amines) is 1. The van der Waals surface area contributed by atoms with Gasteiger partial charge in [-0.1, -0.05) is 0 Å². The predicted molar refractivity (Wildman–Crippen MR) is 86.1 cm³/mol. The Bertz CT molecular complexity index is 575. The fraction of sp³-hybridized carbons (Fsp3) is 0.625. The van der Waals surface area contributed by atoms with Gasteiger partial charge in [0, 0.05) is 16.2 Å². The number of pyridine rings is 1. The smallest absolute Gasteiger partial charge is 0.410 e. The molecule has 0 bridgehead atoms. The Hall–Kier alpha value is -1.30. The highest BCUT2D eigenvalue weighted by Gasteiger charge is 2.37. The Morgan fingerprint density at radius 2 is 2.00 bits per heavy atom. The Morgan fingerprint density at radius 3 is 2.59 bits per heavy atom. The quantitative estimate of drug-likeness (QED) is 0.815. The van der Waals surface area contributed by atoms with Crippen LogP contribution in [-0.2, 0) is 4.74 Å². The van der Waals surface area contributed by atoms with Gasteiger partial charge in [0.25, 0.3) is 0 Å². The third kappa shape index (κ3) is 3.54. The molecular weight excluding hydrogens is 348 g/mol. The van der Waals surface area contributed by atoms with E-state index in [4.69, 9.17) is 9.47 Å². The molecule has 3 rings (SSSR count). The number of halogens is 1. The fourth-order valence-corrected chi connectivity index (χ4v) is 3.09. The van der Waals surface area contributed by atoms with Crippen LogP contribution in [0.4, 0.5) is 4.79 Å². The molecule has 1 saturated carbocycles. The molecule has 0 unspecified atom stereocenters. The summed E-state index contributed by atoms with van der Waals surface area (Å²) < 4.78 is 12.4. The molecule has 5 nitrogen and oxygen atoms in total. The lowest BCUT2D eigenvalue weighted by Crippen LogP contribution is -2.57. The van der Waals surface area contributed by atoms with E-state index in [0.29, 0.717) is 19.0 Å². The van der Waals surface area contributed by atoms with Gasteiger partial charge in [-0.25, -0.2) is 4.79 Å². The highest BCUT2D eigenvalue weighted by molar-refractivity contribution is 9.10. The molecule has 22 heavy (non-hydrogen) atoms. The van der Waals surface area contributed by atoms with E-state index in [0.717, 1.165) is 10.2 Å². The molecule has 1 aliphatic carbocycles. The maximum atomic E-state index is 11.9. The van der Waals surface area contributed by atoms with Crippen LogP contribution in [0.2, 0.25) is 0 Å². The van der Waals surface area contributed by atoms with Crippen LogP contribution < -0.4 is 4.74 Å². The third-order valence-corrected chi connectivity index (χ3v) is 4.31. The zero-order chi connectivity index (χ0) is 15.9. The summed E-state index contributed by atoms with van der Waals surface area (Å²) in [6, 6.07) is 0. The molecule has 2 heterocycles. The van der Waals surface area contributed by atoms with Gasteiger partial charge in [-0.3, -0.25) is 4.98 Å². The minimum absolute atomic E-state index is 0.0149. The topological polar surface area (TPSA) is 51.7 Å². The zero-order valence-corrected chi connectivity index (χ0v) is 14.7. The van der Waals surface area contributed by atoms with Gasteiger partial charge in [-0.05, 0) is 55.5 Å². The van der Waals surface area contributed by atoms with E-state index in [1.807, 2.05) is 27.0 Å². The van der Waals surface area contributed by atoms with Crippen molar-refractivity contribution in [2.24, 2.45) is 0 Å². The highest BCUT2D eigenvalue weighted by atomic mass is 79.9. The van der Waals surface area contributed by atoms with Gasteiger partial charge in [0.1, 0.15) is 17.5 Å². The molecule has 0 N–H and O–H groups in total. The standard InChI is InChI=1S/C16H21BrN2O3/c1-16(2,3)22-15(20)19-8-11(9-19)21-13-7-18-6-12(17)14(13)10-4-5-10/h6-7,10-11H,4-5,8-9H2,1-3H3. The molecule has 2 aliphatic rings. The van der Waals surface area contributed by atoms with E-state index in [-0.39, 0.29) is 12.2 Å². The molecule has 0 spiro atoms. The second kappa shape index (κ2) is 5.72. The van der Waals surface area contributed by atoms with Crippen molar-refractivity contribution in [3.05, 3.63) is 22.4 Å². The van der Waals surface area contributed by atoms with Gasteiger partial charge < -0.3 is 14.4 Å². The summed E-state index contributed by atoms with van der Waals surface area (Å²) in [5.41, 5.74) is 0.752. The SMILES string of the molecule is CC(C)(C)OC(=O)N1CC(Oc2cncc(Br)c2C2CC2)C1. The van der Waals surface area contributed by atoms with Crippen molar-refractivity contribution in [3.63, 3.8) is 0 Å². The molecule has 1 saturated heterocycles. The summed E-state index contributed by atoms with van der Waals surface area (Å²) in [4.78, 5) is 17.8. The van der Waals surface area contributed by atoms with Crippen molar-refractivity contribution >= 4 is 22.0 Å². The van der Waals surface area contributed by atoms with E-state index in [2.05, 4.69) is 20.9 Å². The third-order valence-electron chi connectivity index (χ3n) is 3.68. The van der Waals surface area contributed by atoms with Crippen LogP contribution in [0, 0.1) is 0 Å². The van der Waals surface area contributed by atoms with Gasteiger partial charge >= 0.3 is 6.09 Å². The number of carbonyl (C=O) groups is 1. The lowest BCUT2D eigenvalue weighted by atomic mass is 10.1. The molecule has 1 aromatic heterocycles. The maximum Gasteiger partial charge on any atom is 0.410 e. The van der Waals surface area contributed by atoms with E-state index in [9.17, 15) is 4.79 Å². The van der Waals surface area contributed by atoms with E-state index < -0.39 is 5.60 Å². The van der Waals surface area contributed by atoms with Crippen LogP contribution >= 0.6 is 15.9 Å². The largest absolute Gasteiger partial charge is 0.485 e. The summed E-state index contributed by atoms with van der Waals surface area (Å²) in [6.45, 7) is 6.73. The minimum Gasteiger partial charge on any atom is -0.485 e. The molecular formula is C16H21BrN2O3. The minimum atomic E-state index is -0.462. The molecule has 0 aromatic carbocycles. The summed E-state index contributed by atoms with van der Waals surface area (Å²) in [5, 5.41) is 0. The second-order valence-electron chi connectivity index (χ2n) is 6.93.